The molecule has 0 heterocycles. The Labute approximate surface area is 276 Å². The first kappa shape index (κ1) is 37.6. The Kier molecular flexibility index (Phi) is 9.73. The summed E-state index contributed by atoms with van der Waals surface area (Å²) in [5.74, 6) is 0. The molecule has 0 aromatic heterocycles. The fourth-order valence-corrected chi connectivity index (χ4v) is 214. The molecule has 0 radical (unpaired) electrons. The van der Waals surface area contributed by atoms with Crippen molar-refractivity contribution in [2.45, 2.75) is 150 Å². The average Bonchev–Trinajstić information content (AvgIpc) is 3.02. The summed E-state index contributed by atoms with van der Waals surface area (Å²) in [7, 11) is -8.66. The van der Waals surface area contributed by atoms with Crippen LogP contribution >= 0.6 is 0 Å². The van der Waals surface area contributed by atoms with Crippen LogP contribution in [0.1, 0.15) is 37.8 Å². The molecule has 0 bridgehead atoms. The molecule has 1 aliphatic carbocycles. The fourth-order valence-electron chi connectivity index (χ4n) is 13.3. The topological polar surface area (TPSA) is 0 Å². The molecule has 0 aliphatic heterocycles. The molecular formula is C35H70Si8. The molecule has 0 atom stereocenters. The van der Waals surface area contributed by atoms with Gasteiger partial charge in [-0.1, -0.05) is 178 Å². The highest BCUT2D eigenvalue weighted by Crippen LogP contribution is 2.53. The molecule has 0 amide bonds. The van der Waals surface area contributed by atoms with Crippen LogP contribution in [-0.4, -0.2) is 58.8 Å². The first-order valence-corrected chi connectivity index (χ1v) is 48.3. The second-order valence-electron chi connectivity index (χ2n) is 20.3. The summed E-state index contributed by atoms with van der Waals surface area (Å²) in [5, 5.41) is 3.72. The van der Waals surface area contributed by atoms with E-state index < -0.39 is 58.8 Å². The van der Waals surface area contributed by atoms with Gasteiger partial charge in [0.25, 0.3) is 0 Å². The van der Waals surface area contributed by atoms with Crippen molar-refractivity contribution in [3.8, 4) is 11.1 Å². The molecule has 0 saturated carbocycles. The Balaban J connectivity index is 2.50. The lowest BCUT2D eigenvalue weighted by molar-refractivity contribution is 0.491. The van der Waals surface area contributed by atoms with Gasteiger partial charge in [-0.3, -0.25) is 0 Å². The van der Waals surface area contributed by atoms with E-state index in [1.165, 1.54) is 12.8 Å². The van der Waals surface area contributed by atoms with E-state index >= 15 is 0 Å². The SMILES string of the molecule is CCC1(CC)c2cc([Si]([Si](C)(C)C)([Si](C)(C)C)[Si](C)(C)C)ccc2-c2ccc([Si]([Si](C)(C)C)([Si](C)(C)C)[Si](C)(C)C)cc21. The molecule has 0 saturated heterocycles. The van der Waals surface area contributed by atoms with Gasteiger partial charge < -0.3 is 0 Å². The molecule has 8 heteroatoms. The Morgan fingerprint density at radius 2 is 0.628 bits per heavy atom. The molecule has 2 aromatic rings. The second kappa shape index (κ2) is 11.1. The molecule has 0 spiro atoms. The lowest BCUT2D eigenvalue weighted by Gasteiger charge is -2.58. The number of fused-ring (bicyclic) bond motifs is 3. The molecule has 0 N–H and O–H groups in total. The highest BCUT2D eigenvalue weighted by molar-refractivity contribution is 7.93. The van der Waals surface area contributed by atoms with Crippen LogP contribution in [0.15, 0.2) is 36.4 Å². The Morgan fingerprint density at radius 3 is 0.814 bits per heavy atom. The van der Waals surface area contributed by atoms with E-state index in [0.717, 1.165) is 0 Å². The summed E-state index contributed by atoms with van der Waals surface area (Å²) in [6, 6.07) is 16.4. The summed E-state index contributed by atoms with van der Waals surface area (Å²) < 4.78 is 0. The van der Waals surface area contributed by atoms with Crippen molar-refractivity contribution >= 4 is 69.2 Å². The van der Waals surface area contributed by atoms with Crippen LogP contribution in [0.25, 0.3) is 11.1 Å². The lowest BCUT2D eigenvalue weighted by Crippen LogP contribution is -2.88. The highest BCUT2D eigenvalue weighted by Gasteiger charge is 2.64. The summed E-state index contributed by atoms with van der Waals surface area (Å²) >= 11 is 0. The van der Waals surface area contributed by atoms with E-state index in [1.807, 2.05) is 10.4 Å². The summed E-state index contributed by atoms with van der Waals surface area (Å²) in [4.78, 5) is 0. The van der Waals surface area contributed by atoms with Gasteiger partial charge in [-0.15, -0.1) is 0 Å². The third-order valence-corrected chi connectivity index (χ3v) is 155. The van der Waals surface area contributed by atoms with E-state index in [2.05, 4.69) is 168 Å². The quantitative estimate of drug-likeness (QED) is 0.215. The third-order valence-electron chi connectivity index (χ3n) is 12.2. The zero-order chi connectivity index (χ0) is 33.6. The lowest BCUT2D eigenvalue weighted by atomic mass is 9.74. The fraction of sp³-hybridized carbons (Fsp3) is 0.657. The Hall–Kier alpha value is 0.175. The first-order chi connectivity index (χ1) is 19.0. The van der Waals surface area contributed by atoms with Crippen LogP contribution in [0, 0.1) is 0 Å². The van der Waals surface area contributed by atoms with Gasteiger partial charge in [0.2, 0.25) is 0 Å². The molecule has 0 nitrogen and oxygen atoms in total. The predicted molar refractivity (Wildman–Crippen MR) is 224 cm³/mol. The van der Waals surface area contributed by atoms with E-state index in [-0.39, 0.29) is 5.41 Å². The monoisotopic (exact) mass is 714 g/mol. The van der Waals surface area contributed by atoms with E-state index in [1.54, 1.807) is 22.3 Å². The molecule has 3 rings (SSSR count). The molecule has 242 valence electrons. The van der Waals surface area contributed by atoms with Crippen molar-refractivity contribution in [3.63, 3.8) is 0 Å². The minimum Gasteiger partial charge on any atom is -0.0716 e. The molecule has 1 aliphatic rings. The van der Waals surface area contributed by atoms with E-state index in [0.29, 0.717) is 0 Å². The molecule has 0 fully saturated rings. The first-order valence-electron chi connectivity index (χ1n) is 17.3. The van der Waals surface area contributed by atoms with Crippen molar-refractivity contribution in [1.29, 1.82) is 0 Å². The van der Waals surface area contributed by atoms with Gasteiger partial charge in [0.15, 0.2) is 0 Å². The van der Waals surface area contributed by atoms with Gasteiger partial charge in [0, 0.05) is 51.0 Å². The van der Waals surface area contributed by atoms with Gasteiger partial charge in [-0.05, 0) is 35.1 Å². The van der Waals surface area contributed by atoms with Crippen LogP contribution in [0.4, 0.5) is 0 Å². The van der Waals surface area contributed by atoms with Crippen LogP contribution in [0.5, 0.6) is 0 Å². The van der Waals surface area contributed by atoms with Crippen molar-refractivity contribution in [2.75, 3.05) is 0 Å². The van der Waals surface area contributed by atoms with Crippen LogP contribution < -0.4 is 10.4 Å². The maximum Gasteiger partial charge on any atom is 0.0685 e. The zero-order valence-corrected chi connectivity index (χ0v) is 40.4. The van der Waals surface area contributed by atoms with Gasteiger partial charge >= 0.3 is 0 Å². The van der Waals surface area contributed by atoms with Crippen molar-refractivity contribution in [1.82, 2.24) is 0 Å². The van der Waals surface area contributed by atoms with Crippen LogP contribution in [-0.2, 0) is 5.41 Å². The van der Waals surface area contributed by atoms with Crippen LogP contribution in [0.3, 0.4) is 0 Å². The van der Waals surface area contributed by atoms with Gasteiger partial charge in [-0.25, -0.2) is 0 Å². The van der Waals surface area contributed by atoms with Gasteiger partial charge in [-0.2, -0.15) is 0 Å². The van der Waals surface area contributed by atoms with Gasteiger partial charge in [0.05, 0.1) is 13.3 Å². The highest BCUT2D eigenvalue weighted by atomic mass is 29.9. The minimum absolute atomic E-state index is 0.146. The maximum atomic E-state index is 2.88. The Bertz CT molecular complexity index is 1170. The van der Waals surface area contributed by atoms with Crippen molar-refractivity contribution in [2.24, 2.45) is 0 Å². The average molecular weight is 716 g/mol. The summed E-state index contributed by atoms with van der Waals surface area (Å²) in [5.41, 5.74) is 6.69. The summed E-state index contributed by atoms with van der Waals surface area (Å²) in [6.45, 7) is 51.2. The summed E-state index contributed by atoms with van der Waals surface area (Å²) in [6.07, 6.45) is 2.42. The largest absolute Gasteiger partial charge is 0.0716 e. The smallest absolute Gasteiger partial charge is 0.0685 e. The van der Waals surface area contributed by atoms with Crippen molar-refractivity contribution < 1.29 is 0 Å². The van der Waals surface area contributed by atoms with E-state index in [9.17, 15) is 0 Å². The zero-order valence-electron chi connectivity index (χ0n) is 32.4. The normalized spacial score (nSPS) is 16.7. The molecule has 2 aromatic carbocycles. The van der Waals surface area contributed by atoms with Crippen LogP contribution in [0.2, 0.25) is 118 Å². The van der Waals surface area contributed by atoms with Crippen molar-refractivity contribution in [3.05, 3.63) is 47.5 Å². The molecule has 43 heavy (non-hydrogen) atoms. The number of hydrogen-bond donors (Lipinski definition) is 0. The standard InChI is InChI=1S/C35H70Si8/c1-21-35(22-2)33-27-29(42(36(3,4)5,37(6,7)8)38(9,10)11)23-25-31(33)32-26-24-30(28-34(32)35)43(39(12,13)14,40(15,16)17)41(18,19)20/h23-28H,21-22H2,1-20H3. The number of benzene rings is 2. The molecule has 0 unspecified atom stereocenters. The number of hydrogen-bond acceptors (Lipinski definition) is 0. The van der Waals surface area contributed by atoms with Gasteiger partial charge in [0.1, 0.15) is 0 Å². The van der Waals surface area contributed by atoms with E-state index in [4.69, 9.17) is 0 Å². The Morgan fingerprint density at radius 1 is 0.395 bits per heavy atom. The maximum absolute atomic E-state index is 2.88. The third kappa shape index (κ3) is 5.22. The number of rotatable bonds is 10. The predicted octanol–water partition coefficient (Wildman–Crippen LogP) is 10.6. The minimum atomic E-state index is -1.69. The second-order valence-corrected chi connectivity index (χ2v) is 101. The molecular weight excluding hydrogens is 645 g/mol.